The Morgan fingerprint density at radius 2 is 1.85 bits per heavy atom. The second-order valence-electron chi connectivity index (χ2n) is 9.63. The summed E-state index contributed by atoms with van der Waals surface area (Å²) in [4.78, 5) is 23.1. The van der Waals surface area contributed by atoms with Crippen LogP contribution < -0.4 is 14.4 Å². The van der Waals surface area contributed by atoms with E-state index in [0.717, 1.165) is 42.1 Å². The molecule has 2 fully saturated rings. The molecular formula is C26H33ClN4O6S3. The van der Waals surface area contributed by atoms with Gasteiger partial charge < -0.3 is 14.2 Å². The van der Waals surface area contributed by atoms with E-state index in [1.807, 2.05) is 6.07 Å². The maximum atomic E-state index is 14.3. The lowest BCUT2D eigenvalue weighted by atomic mass is 10.0. The van der Waals surface area contributed by atoms with E-state index < -0.39 is 16.1 Å². The van der Waals surface area contributed by atoms with Crippen LogP contribution in [0.5, 0.6) is 11.5 Å². The van der Waals surface area contributed by atoms with E-state index in [9.17, 15) is 13.2 Å². The third kappa shape index (κ3) is 6.10. The fourth-order valence-corrected chi connectivity index (χ4v) is 9.51. The SMILES string of the molecule is COc1ccc(OC)c2sc(N(CCCN3CCOCC3)C(=O)C3CCCCN3S(=O)(=O)c3ccc(Cl)s3)nc12. The van der Waals surface area contributed by atoms with Crippen LogP contribution in [-0.2, 0) is 19.6 Å². The van der Waals surface area contributed by atoms with Gasteiger partial charge in [-0.2, -0.15) is 4.31 Å². The van der Waals surface area contributed by atoms with Gasteiger partial charge in [0.15, 0.2) is 5.13 Å². The summed E-state index contributed by atoms with van der Waals surface area (Å²) >= 11 is 8.42. The maximum absolute atomic E-state index is 14.3. The zero-order valence-electron chi connectivity index (χ0n) is 22.5. The Morgan fingerprint density at radius 1 is 1.10 bits per heavy atom. The number of aromatic nitrogens is 1. The van der Waals surface area contributed by atoms with Crippen molar-refractivity contribution in [2.75, 3.05) is 65.1 Å². The van der Waals surface area contributed by atoms with Crippen molar-refractivity contribution in [2.24, 2.45) is 0 Å². The van der Waals surface area contributed by atoms with Crippen molar-refractivity contribution in [1.82, 2.24) is 14.2 Å². The van der Waals surface area contributed by atoms with Gasteiger partial charge in [-0.25, -0.2) is 13.4 Å². The number of sulfonamides is 1. The van der Waals surface area contributed by atoms with Gasteiger partial charge in [0.05, 0.1) is 31.8 Å². The lowest BCUT2D eigenvalue weighted by molar-refractivity contribution is -0.123. The van der Waals surface area contributed by atoms with Gasteiger partial charge in [-0.1, -0.05) is 29.4 Å². The van der Waals surface area contributed by atoms with E-state index in [1.54, 1.807) is 31.3 Å². The van der Waals surface area contributed by atoms with Gasteiger partial charge in [0.2, 0.25) is 5.91 Å². The number of amides is 1. The number of hydrogen-bond donors (Lipinski definition) is 0. The van der Waals surface area contributed by atoms with Crippen LogP contribution in [0.2, 0.25) is 4.34 Å². The smallest absolute Gasteiger partial charge is 0.253 e. The number of ether oxygens (including phenoxy) is 3. The van der Waals surface area contributed by atoms with Crippen molar-refractivity contribution >= 4 is 65.6 Å². The number of thiophene rings is 1. The predicted octanol–water partition coefficient (Wildman–Crippen LogP) is 4.33. The summed E-state index contributed by atoms with van der Waals surface area (Å²) in [6, 6.07) is 5.84. The van der Waals surface area contributed by atoms with E-state index in [-0.39, 0.29) is 16.7 Å². The van der Waals surface area contributed by atoms with Gasteiger partial charge in [0.25, 0.3) is 10.0 Å². The number of anilines is 1. The van der Waals surface area contributed by atoms with Crippen molar-refractivity contribution in [1.29, 1.82) is 0 Å². The number of benzene rings is 1. The topological polar surface area (TPSA) is 102 Å². The van der Waals surface area contributed by atoms with Crippen molar-refractivity contribution in [3.05, 3.63) is 28.6 Å². The van der Waals surface area contributed by atoms with Crippen molar-refractivity contribution in [2.45, 2.75) is 35.9 Å². The highest BCUT2D eigenvalue weighted by atomic mass is 35.5. The molecule has 10 nitrogen and oxygen atoms in total. The minimum absolute atomic E-state index is 0.144. The number of methoxy groups -OCH3 is 2. The quantitative estimate of drug-likeness (QED) is 0.327. The molecule has 5 rings (SSSR count). The van der Waals surface area contributed by atoms with E-state index in [4.69, 9.17) is 30.8 Å². The Kier molecular flexibility index (Phi) is 9.50. The molecule has 1 unspecified atom stereocenters. The van der Waals surface area contributed by atoms with E-state index in [2.05, 4.69) is 4.90 Å². The van der Waals surface area contributed by atoms with Crippen LogP contribution in [0.15, 0.2) is 28.5 Å². The number of thiazole rings is 1. The van der Waals surface area contributed by atoms with Gasteiger partial charge in [0.1, 0.15) is 32.0 Å². The molecular weight excluding hydrogens is 596 g/mol. The lowest BCUT2D eigenvalue weighted by Gasteiger charge is -2.36. The Balaban J connectivity index is 1.48. The monoisotopic (exact) mass is 628 g/mol. The molecule has 2 aliphatic rings. The molecule has 2 aliphatic heterocycles. The zero-order valence-corrected chi connectivity index (χ0v) is 25.7. The Labute approximate surface area is 247 Å². The second-order valence-corrected chi connectivity index (χ2v) is 14.4. The minimum atomic E-state index is -3.89. The van der Waals surface area contributed by atoms with Crippen LogP contribution in [0.1, 0.15) is 25.7 Å². The molecule has 4 heterocycles. The van der Waals surface area contributed by atoms with Crippen LogP contribution in [0.3, 0.4) is 0 Å². The third-order valence-corrected chi connectivity index (χ3v) is 11.9. The van der Waals surface area contributed by atoms with E-state index >= 15 is 0 Å². The molecule has 0 radical (unpaired) electrons. The average molecular weight is 629 g/mol. The number of carbonyl (C=O) groups is 1. The van der Waals surface area contributed by atoms with Crippen molar-refractivity contribution in [3.8, 4) is 11.5 Å². The summed E-state index contributed by atoms with van der Waals surface area (Å²) in [6.07, 6.45) is 2.59. The molecule has 3 aromatic rings. The molecule has 0 spiro atoms. The van der Waals surface area contributed by atoms with Gasteiger partial charge >= 0.3 is 0 Å². The molecule has 2 aromatic heterocycles. The van der Waals surface area contributed by atoms with Crippen LogP contribution in [-0.4, -0.2) is 94.7 Å². The standard InChI is InChI=1S/C26H33ClN4O6S3/c1-35-19-7-8-20(36-2)24-23(19)28-26(39-24)30(12-5-11-29-14-16-37-17-15-29)25(32)18-6-3-4-13-31(18)40(33,34)22-10-9-21(27)38-22/h7-10,18H,3-6,11-17H2,1-2H3. The third-order valence-electron chi connectivity index (χ3n) is 7.21. The van der Waals surface area contributed by atoms with Gasteiger partial charge in [-0.05, 0) is 43.5 Å². The average Bonchev–Trinajstić information content (AvgIpc) is 3.62. The Bertz CT molecular complexity index is 1400. The second kappa shape index (κ2) is 12.9. The van der Waals surface area contributed by atoms with Crippen LogP contribution in [0, 0.1) is 0 Å². The van der Waals surface area contributed by atoms with E-state index in [0.29, 0.717) is 65.5 Å². The molecule has 1 aromatic carbocycles. The van der Waals surface area contributed by atoms with Crippen molar-refractivity contribution in [3.63, 3.8) is 0 Å². The number of fused-ring (bicyclic) bond motifs is 1. The highest BCUT2D eigenvalue weighted by Crippen LogP contribution is 2.41. The minimum Gasteiger partial charge on any atom is -0.495 e. The summed E-state index contributed by atoms with van der Waals surface area (Å²) in [7, 11) is -0.727. The normalized spacial score (nSPS) is 19.1. The first-order chi connectivity index (χ1) is 19.3. The molecule has 40 heavy (non-hydrogen) atoms. The predicted molar refractivity (Wildman–Crippen MR) is 158 cm³/mol. The summed E-state index contributed by atoms with van der Waals surface area (Å²) < 4.78 is 46.5. The first-order valence-corrected chi connectivity index (χ1v) is 16.7. The largest absolute Gasteiger partial charge is 0.495 e. The van der Waals surface area contributed by atoms with Gasteiger partial charge in [-0.3, -0.25) is 14.6 Å². The number of halogens is 1. The molecule has 14 heteroatoms. The number of rotatable bonds is 10. The molecule has 218 valence electrons. The highest BCUT2D eigenvalue weighted by molar-refractivity contribution is 7.91. The number of nitrogens with zero attached hydrogens (tertiary/aromatic N) is 4. The number of carbonyl (C=O) groups excluding carboxylic acids is 1. The molecule has 2 saturated heterocycles. The maximum Gasteiger partial charge on any atom is 0.253 e. The molecule has 0 N–H and O–H groups in total. The Morgan fingerprint density at radius 3 is 2.55 bits per heavy atom. The fraction of sp³-hybridized carbons (Fsp3) is 0.538. The summed E-state index contributed by atoms with van der Waals surface area (Å²) in [5, 5.41) is 0.492. The van der Waals surface area contributed by atoms with Crippen molar-refractivity contribution < 1.29 is 27.4 Å². The number of hydrogen-bond acceptors (Lipinski definition) is 10. The zero-order chi connectivity index (χ0) is 28.3. The number of piperidine rings is 1. The highest BCUT2D eigenvalue weighted by Gasteiger charge is 2.41. The lowest BCUT2D eigenvalue weighted by Crippen LogP contribution is -2.53. The molecule has 1 amide bonds. The fourth-order valence-electron chi connectivity index (χ4n) is 5.14. The summed E-state index contributed by atoms with van der Waals surface area (Å²) in [5.74, 6) is 0.942. The molecule has 0 bridgehead atoms. The van der Waals surface area contributed by atoms with Gasteiger partial charge in [-0.15, -0.1) is 11.3 Å². The van der Waals surface area contributed by atoms with Gasteiger partial charge in [0, 0.05) is 32.7 Å². The van der Waals surface area contributed by atoms with E-state index in [1.165, 1.54) is 21.7 Å². The number of morpholine rings is 1. The van der Waals surface area contributed by atoms with Crippen LogP contribution >= 0.6 is 34.3 Å². The molecule has 0 saturated carbocycles. The Hall–Kier alpha value is -2.00. The first kappa shape index (κ1) is 29.5. The molecule has 1 atom stereocenters. The summed E-state index contributed by atoms with van der Waals surface area (Å²) in [5.41, 5.74) is 0.606. The van der Waals surface area contributed by atoms with Crippen LogP contribution in [0.25, 0.3) is 10.2 Å². The molecule has 0 aliphatic carbocycles. The first-order valence-electron chi connectivity index (χ1n) is 13.2. The van der Waals surface area contributed by atoms with Crippen LogP contribution in [0.4, 0.5) is 5.13 Å². The summed E-state index contributed by atoms with van der Waals surface area (Å²) in [6.45, 7) is 4.56.